The van der Waals surface area contributed by atoms with E-state index in [1.807, 2.05) is 0 Å². The van der Waals surface area contributed by atoms with Gasteiger partial charge in [-0.1, -0.05) is 16.8 Å². The predicted octanol–water partition coefficient (Wildman–Crippen LogP) is 0.580. The highest BCUT2D eigenvalue weighted by molar-refractivity contribution is 6.83. The molecule has 0 heterocycles. The van der Waals surface area contributed by atoms with E-state index >= 15 is 0 Å². The van der Waals surface area contributed by atoms with Crippen LogP contribution in [0.4, 0.5) is 0 Å². The molecule has 0 radical (unpaired) electrons. The molecule has 0 rings (SSSR count). The molecule has 0 bridgehead atoms. The Hall–Kier alpha value is -0.610. The largest absolute Gasteiger partial charge is 0.410 e. The van der Waals surface area contributed by atoms with Gasteiger partial charge in [0.25, 0.3) is 0 Å². The molecular formula is C6H11ClN2O2. The molecule has 0 aromatic carbocycles. The Morgan fingerprint density at radius 1 is 1.64 bits per heavy atom. The third-order valence-corrected chi connectivity index (χ3v) is 1.72. The molecule has 0 saturated carbocycles. The number of ketones is 1. The Bertz CT molecular complexity index is 189. The van der Waals surface area contributed by atoms with Crippen molar-refractivity contribution < 1.29 is 10.0 Å². The van der Waals surface area contributed by atoms with Crippen molar-refractivity contribution in [3.8, 4) is 0 Å². The van der Waals surface area contributed by atoms with Crippen molar-refractivity contribution in [1.29, 1.82) is 0 Å². The molecule has 64 valence electrons. The van der Waals surface area contributed by atoms with E-state index in [1.54, 1.807) is 20.9 Å². The van der Waals surface area contributed by atoms with Crippen LogP contribution in [-0.4, -0.2) is 28.7 Å². The molecule has 11 heavy (non-hydrogen) atoms. The summed E-state index contributed by atoms with van der Waals surface area (Å²) in [5.74, 6) is -0.441. The van der Waals surface area contributed by atoms with Crippen LogP contribution in [0, 0.1) is 0 Å². The summed E-state index contributed by atoms with van der Waals surface area (Å²) in [5, 5.41) is 13.1. The van der Waals surface area contributed by atoms with Gasteiger partial charge in [0.15, 0.2) is 0 Å². The van der Waals surface area contributed by atoms with Crippen LogP contribution < -0.4 is 5.32 Å². The Morgan fingerprint density at radius 2 is 2.09 bits per heavy atom. The Balaban J connectivity index is 4.49. The fourth-order valence-electron chi connectivity index (χ4n) is 0.417. The van der Waals surface area contributed by atoms with Crippen LogP contribution in [0.3, 0.4) is 0 Å². The van der Waals surface area contributed by atoms with Crippen LogP contribution in [0.25, 0.3) is 0 Å². The van der Waals surface area contributed by atoms with Gasteiger partial charge < -0.3 is 10.5 Å². The number of nitrogens with zero attached hydrogens (tertiary/aromatic N) is 1. The minimum atomic E-state index is -0.788. The second kappa shape index (κ2) is 3.69. The molecule has 0 unspecified atom stereocenters. The number of oxime groups is 1. The van der Waals surface area contributed by atoms with E-state index in [-0.39, 0.29) is 0 Å². The predicted molar refractivity (Wildman–Crippen MR) is 43.2 cm³/mol. The highest BCUT2D eigenvalue weighted by Crippen LogP contribution is 2.05. The van der Waals surface area contributed by atoms with Gasteiger partial charge in [0, 0.05) is 0 Å². The Kier molecular flexibility index (Phi) is 3.48. The van der Waals surface area contributed by atoms with Gasteiger partial charge in [0.05, 0.1) is 5.54 Å². The third-order valence-electron chi connectivity index (χ3n) is 1.47. The van der Waals surface area contributed by atoms with E-state index in [1.165, 1.54) is 0 Å². The number of likely N-dealkylation sites (N-methyl/N-ethyl adjacent to an activating group) is 1. The SMILES string of the molecule is CNC(C)(C)C(=O)/C(Cl)=N/O. The standard InChI is InChI=1S/C6H11ClN2O2/c1-6(2,8-3)4(10)5(7)9-11/h8,11H,1-3H3/b9-5-. The van der Waals surface area contributed by atoms with Crippen molar-refractivity contribution in [2.45, 2.75) is 19.4 Å². The lowest BCUT2D eigenvalue weighted by Crippen LogP contribution is -2.46. The molecule has 0 aromatic heterocycles. The lowest BCUT2D eigenvalue weighted by atomic mass is 10.0. The van der Waals surface area contributed by atoms with E-state index in [0.29, 0.717) is 0 Å². The minimum absolute atomic E-state index is 0.413. The smallest absolute Gasteiger partial charge is 0.215 e. The van der Waals surface area contributed by atoms with Crippen molar-refractivity contribution >= 4 is 22.6 Å². The van der Waals surface area contributed by atoms with Crippen LogP contribution in [0.5, 0.6) is 0 Å². The first-order chi connectivity index (χ1) is 4.95. The van der Waals surface area contributed by atoms with E-state index in [2.05, 4.69) is 10.5 Å². The molecular weight excluding hydrogens is 168 g/mol. The second-order valence-corrected chi connectivity index (χ2v) is 2.95. The van der Waals surface area contributed by atoms with Gasteiger partial charge in [0.2, 0.25) is 11.0 Å². The minimum Gasteiger partial charge on any atom is -0.410 e. The first-order valence-electron chi connectivity index (χ1n) is 3.07. The van der Waals surface area contributed by atoms with E-state index in [0.717, 1.165) is 0 Å². The number of hydrogen-bond donors (Lipinski definition) is 2. The van der Waals surface area contributed by atoms with Crippen molar-refractivity contribution in [2.75, 3.05) is 7.05 Å². The van der Waals surface area contributed by atoms with Gasteiger partial charge in [-0.25, -0.2) is 0 Å². The quantitative estimate of drug-likeness (QED) is 0.378. The number of hydrogen-bond acceptors (Lipinski definition) is 4. The zero-order valence-electron chi connectivity index (χ0n) is 6.68. The lowest BCUT2D eigenvalue weighted by Gasteiger charge is -2.20. The summed E-state index contributed by atoms with van der Waals surface area (Å²) in [4.78, 5) is 11.1. The first-order valence-corrected chi connectivity index (χ1v) is 3.44. The topological polar surface area (TPSA) is 61.7 Å². The number of carbonyl (C=O) groups excluding carboxylic acids is 1. The van der Waals surface area contributed by atoms with Gasteiger partial charge in [-0.3, -0.25) is 4.79 Å². The zero-order valence-corrected chi connectivity index (χ0v) is 7.44. The summed E-state index contributed by atoms with van der Waals surface area (Å²) in [6, 6.07) is 0. The summed E-state index contributed by atoms with van der Waals surface area (Å²) in [6.07, 6.45) is 0. The van der Waals surface area contributed by atoms with Crippen LogP contribution in [-0.2, 0) is 4.79 Å². The Labute approximate surface area is 70.2 Å². The summed E-state index contributed by atoms with van der Waals surface area (Å²) in [7, 11) is 1.62. The van der Waals surface area contributed by atoms with Crippen LogP contribution in [0.1, 0.15) is 13.8 Å². The second-order valence-electron chi connectivity index (χ2n) is 2.59. The maximum Gasteiger partial charge on any atom is 0.215 e. The number of halogens is 1. The van der Waals surface area contributed by atoms with Crippen molar-refractivity contribution in [1.82, 2.24) is 5.32 Å². The normalized spacial score (nSPS) is 13.3. The highest BCUT2D eigenvalue weighted by atomic mass is 35.5. The average Bonchev–Trinajstić information content (AvgIpc) is 2.01. The summed E-state index contributed by atoms with van der Waals surface area (Å²) < 4.78 is 0. The molecule has 0 amide bonds. The molecule has 0 aliphatic heterocycles. The molecule has 0 atom stereocenters. The molecule has 0 spiro atoms. The fraction of sp³-hybridized carbons (Fsp3) is 0.667. The molecule has 0 aliphatic rings. The lowest BCUT2D eigenvalue weighted by molar-refractivity contribution is -0.117. The average molecular weight is 179 g/mol. The monoisotopic (exact) mass is 178 g/mol. The van der Waals surface area contributed by atoms with Gasteiger partial charge in [0.1, 0.15) is 0 Å². The van der Waals surface area contributed by atoms with Gasteiger partial charge in [-0.2, -0.15) is 0 Å². The van der Waals surface area contributed by atoms with Gasteiger partial charge in [-0.05, 0) is 20.9 Å². The zero-order chi connectivity index (χ0) is 9.07. The third kappa shape index (κ3) is 2.48. The summed E-state index contributed by atoms with van der Waals surface area (Å²) in [6.45, 7) is 3.28. The van der Waals surface area contributed by atoms with Gasteiger partial charge >= 0.3 is 0 Å². The van der Waals surface area contributed by atoms with Crippen LogP contribution in [0.2, 0.25) is 0 Å². The molecule has 0 aromatic rings. The van der Waals surface area contributed by atoms with Crippen molar-refractivity contribution in [2.24, 2.45) is 5.16 Å². The van der Waals surface area contributed by atoms with Crippen LogP contribution in [0.15, 0.2) is 5.16 Å². The Morgan fingerprint density at radius 3 is 2.36 bits per heavy atom. The number of Topliss-reactive ketones (excluding diaryl/α,β-unsaturated/α-hetero) is 1. The van der Waals surface area contributed by atoms with Gasteiger partial charge in [-0.15, -0.1) is 0 Å². The molecule has 0 fully saturated rings. The van der Waals surface area contributed by atoms with E-state index in [4.69, 9.17) is 16.8 Å². The van der Waals surface area contributed by atoms with Crippen molar-refractivity contribution in [3.63, 3.8) is 0 Å². The molecule has 2 N–H and O–H groups in total. The maximum absolute atomic E-state index is 11.1. The molecule has 0 aliphatic carbocycles. The highest BCUT2D eigenvalue weighted by Gasteiger charge is 2.28. The number of nitrogens with one attached hydrogen (secondary N) is 1. The summed E-state index contributed by atoms with van der Waals surface area (Å²) in [5.41, 5.74) is -0.788. The first kappa shape index (κ1) is 10.4. The van der Waals surface area contributed by atoms with Crippen molar-refractivity contribution in [3.05, 3.63) is 0 Å². The number of rotatable bonds is 3. The summed E-state index contributed by atoms with van der Waals surface area (Å²) >= 11 is 5.29. The maximum atomic E-state index is 11.1. The van der Waals surface area contributed by atoms with E-state index < -0.39 is 16.5 Å². The number of carbonyl (C=O) groups is 1. The molecule has 0 saturated heterocycles. The van der Waals surface area contributed by atoms with Crippen LogP contribution >= 0.6 is 11.6 Å². The molecule has 4 nitrogen and oxygen atoms in total. The van der Waals surface area contributed by atoms with E-state index in [9.17, 15) is 4.79 Å². The molecule has 5 heteroatoms. The fourth-order valence-corrected chi connectivity index (χ4v) is 0.653.